The zero-order valence-corrected chi connectivity index (χ0v) is 12.9. The largest absolute Gasteiger partial charge is 0.464 e. The molecule has 1 aliphatic carbocycles. The van der Waals surface area contributed by atoms with E-state index in [0.717, 1.165) is 16.9 Å². The second-order valence-corrected chi connectivity index (χ2v) is 6.37. The summed E-state index contributed by atoms with van der Waals surface area (Å²) in [5.74, 6) is 0.918. The molecule has 0 aromatic heterocycles. The fourth-order valence-electron chi connectivity index (χ4n) is 3.55. The van der Waals surface area contributed by atoms with E-state index in [9.17, 15) is 0 Å². The quantitative estimate of drug-likeness (QED) is 0.624. The van der Waals surface area contributed by atoms with Gasteiger partial charge >= 0.3 is 0 Å². The fraction of sp³-hybridized carbons (Fsp3) is 0.143. The highest BCUT2D eigenvalue weighted by Gasteiger charge is 2.37. The zero-order valence-electron chi connectivity index (χ0n) is 12.9. The number of fused-ring (bicyclic) bond motifs is 5. The van der Waals surface area contributed by atoms with Gasteiger partial charge in [0.15, 0.2) is 0 Å². The van der Waals surface area contributed by atoms with Crippen LogP contribution in [0.5, 0.6) is 5.75 Å². The Morgan fingerprint density at radius 2 is 1.73 bits per heavy atom. The second kappa shape index (κ2) is 4.48. The van der Waals surface area contributed by atoms with Crippen LogP contribution in [0.15, 0.2) is 67.5 Å². The molecular formula is C21H18O. The molecule has 0 spiro atoms. The maximum absolute atomic E-state index is 6.00. The van der Waals surface area contributed by atoms with Crippen molar-refractivity contribution in [1.82, 2.24) is 0 Å². The molecule has 2 aromatic rings. The van der Waals surface area contributed by atoms with Gasteiger partial charge in [-0.25, -0.2) is 0 Å². The Morgan fingerprint density at radius 3 is 2.59 bits per heavy atom. The highest BCUT2D eigenvalue weighted by atomic mass is 16.5. The fourth-order valence-corrected chi connectivity index (χ4v) is 3.55. The average Bonchev–Trinajstić information content (AvgIpc) is 2.74. The van der Waals surface area contributed by atoms with E-state index in [1.165, 1.54) is 22.3 Å². The smallest absolute Gasteiger partial charge is 0.142 e. The minimum atomic E-state index is -0.00638. The van der Waals surface area contributed by atoms with Crippen molar-refractivity contribution in [2.75, 3.05) is 0 Å². The van der Waals surface area contributed by atoms with Crippen molar-refractivity contribution in [3.63, 3.8) is 0 Å². The number of rotatable bonds is 0. The number of benzene rings is 2. The summed E-state index contributed by atoms with van der Waals surface area (Å²) in [5, 5.41) is 0. The molecule has 1 aliphatic heterocycles. The summed E-state index contributed by atoms with van der Waals surface area (Å²) in [7, 11) is 0. The predicted octanol–water partition coefficient (Wildman–Crippen LogP) is 5.47. The van der Waals surface area contributed by atoms with E-state index in [2.05, 4.69) is 56.8 Å². The molecule has 0 bridgehead atoms. The Kier molecular flexibility index (Phi) is 2.67. The molecule has 2 aliphatic rings. The Hall–Kier alpha value is -2.54. The third-order valence-corrected chi connectivity index (χ3v) is 4.72. The van der Waals surface area contributed by atoms with Crippen molar-refractivity contribution < 1.29 is 4.74 Å². The number of ether oxygens (including phenoxy) is 1. The zero-order chi connectivity index (χ0) is 15.3. The summed E-state index contributed by atoms with van der Waals surface area (Å²) >= 11 is 0. The molecular weight excluding hydrogens is 268 g/mol. The van der Waals surface area contributed by atoms with Crippen LogP contribution in [0.3, 0.4) is 0 Å². The van der Waals surface area contributed by atoms with Crippen LogP contribution in [0.25, 0.3) is 16.7 Å². The number of allylic oxidation sites excluding steroid dienone is 4. The molecule has 0 amide bonds. The first-order valence-electron chi connectivity index (χ1n) is 7.57. The summed E-state index contributed by atoms with van der Waals surface area (Å²) in [6.07, 6.45) is 7.63. The van der Waals surface area contributed by atoms with Gasteiger partial charge in [-0.05, 0) is 28.3 Å². The lowest BCUT2D eigenvalue weighted by Gasteiger charge is -2.22. The molecule has 22 heavy (non-hydrogen) atoms. The van der Waals surface area contributed by atoms with Gasteiger partial charge in [0.2, 0.25) is 0 Å². The SMILES string of the molecule is C=C1/C=C\C=C/Oc2c1ccc1c2-c2ccccc2C1(C)C. The number of hydrogen-bond acceptors (Lipinski definition) is 1. The Balaban J connectivity index is 2.09. The molecule has 0 radical (unpaired) electrons. The summed E-state index contributed by atoms with van der Waals surface area (Å²) < 4.78 is 6.00. The Labute approximate surface area is 131 Å². The molecule has 0 fully saturated rings. The lowest BCUT2D eigenvalue weighted by molar-refractivity contribution is 0.480. The lowest BCUT2D eigenvalue weighted by Crippen LogP contribution is -2.15. The van der Waals surface area contributed by atoms with Crippen LogP contribution in [-0.4, -0.2) is 0 Å². The van der Waals surface area contributed by atoms with E-state index in [1.54, 1.807) is 6.26 Å². The van der Waals surface area contributed by atoms with Crippen LogP contribution < -0.4 is 4.74 Å². The van der Waals surface area contributed by atoms with Crippen molar-refractivity contribution in [1.29, 1.82) is 0 Å². The normalized spacial score (nSPS) is 20.0. The minimum absolute atomic E-state index is 0.00638. The highest BCUT2D eigenvalue weighted by molar-refractivity contribution is 5.91. The molecule has 2 aromatic carbocycles. The maximum Gasteiger partial charge on any atom is 0.142 e. The molecule has 0 atom stereocenters. The van der Waals surface area contributed by atoms with Crippen molar-refractivity contribution in [3.05, 3.63) is 84.2 Å². The highest BCUT2D eigenvalue weighted by Crippen LogP contribution is 2.53. The van der Waals surface area contributed by atoms with Gasteiger partial charge in [0.05, 0.1) is 6.26 Å². The van der Waals surface area contributed by atoms with Crippen molar-refractivity contribution in [3.8, 4) is 16.9 Å². The first kappa shape index (κ1) is 13.1. The average molecular weight is 286 g/mol. The summed E-state index contributed by atoms with van der Waals surface area (Å²) in [5.41, 5.74) is 7.18. The van der Waals surface area contributed by atoms with Crippen LogP contribution >= 0.6 is 0 Å². The number of hydrogen-bond donors (Lipinski definition) is 0. The summed E-state index contributed by atoms with van der Waals surface area (Å²) in [6.45, 7) is 8.72. The summed E-state index contributed by atoms with van der Waals surface area (Å²) in [4.78, 5) is 0. The first-order valence-corrected chi connectivity index (χ1v) is 7.57. The molecule has 1 heteroatoms. The van der Waals surface area contributed by atoms with Crippen molar-refractivity contribution >= 4 is 5.57 Å². The van der Waals surface area contributed by atoms with E-state index < -0.39 is 0 Å². The molecule has 0 unspecified atom stereocenters. The van der Waals surface area contributed by atoms with Gasteiger partial charge < -0.3 is 4.74 Å². The van der Waals surface area contributed by atoms with Crippen LogP contribution in [0.4, 0.5) is 0 Å². The van der Waals surface area contributed by atoms with E-state index in [-0.39, 0.29) is 5.41 Å². The van der Waals surface area contributed by atoms with E-state index >= 15 is 0 Å². The van der Waals surface area contributed by atoms with Crippen LogP contribution in [-0.2, 0) is 5.41 Å². The first-order chi connectivity index (χ1) is 10.6. The third-order valence-electron chi connectivity index (χ3n) is 4.72. The van der Waals surface area contributed by atoms with Crippen LogP contribution in [0.1, 0.15) is 30.5 Å². The molecule has 0 saturated heterocycles. The van der Waals surface area contributed by atoms with Crippen molar-refractivity contribution in [2.45, 2.75) is 19.3 Å². The van der Waals surface area contributed by atoms with Gasteiger partial charge in [-0.2, -0.15) is 0 Å². The monoisotopic (exact) mass is 286 g/mol. The molecule has 0 N–H and O–H groups in total. The predicted molar refractivity (Wildman–Crippen MR) is 91.9 cm³/mol. The Bertz CT molecular complexity index is 850. The Morgan fingerprint density at radius 1 is 0.909 bits per heavy atom. The van der Waals surface area contributed by atoms with Gasteiger partial charge in [0, 0.05) is 16.5 Å². The maximum atomic E-state index is 6.00. The molecule has 1 heterocycles. The molecule has 108 valence electrons. The second-order valence-electron chi connectivity index (χ2n) is 6.37. The standard InChI is InChI=1S/C21H18O/c1-14-8-6-7-13-22-20-15(14)11-12-18-19(20)16-9-4-5-10-17(16)21(18,2)3/h4-13H,1H2,2-3H3/b8-6-,13-7-. The topological polar surface area (TPSA) is 9.23 Å². The van der Waals surface area contributed by atoms with E-state index in [0.29, 0.717) is 0 Å². The van der Waals surface area contributed by atoms with E-state index in [4.69, 9.17) is 4.74 Å². The van der Waals surface area contributed by atoms with Gasteiger partial charge in [0.1, 0.15) is 5.75 Å². The summed E-state index contributed by atoms with van der Waals surface area (Å²) in [6, 6.07) is 13.0. The van der Waals surface area contributed by atoms with Gasteiger partial charge in [-0.3, -0.25) is 0 Å². The minimum Gasteiger partial charge on any atom is -0.464 e. The van der Waals surface area contributed by atoms with Gasteiger partial charge in [-0.1, -0.05) is 69.0 Å². The van der Waals surface area contributed by atoms with E-state index in [1.807, 2.05) is 18.2 Å². The third kappa shape index (κ3) is 1.66. The molecule has 4 rings (SSSR count). The van der Waals surface area contributed by atoms with Gasteiger partial charge in [-0.15, -0.1) is 0 Å². The molecule has 0 saturated carbocycles. The lowest BCUT2D eigenvalue weighted by atomic mass is 9.82. The molecule has 1 nitrogen and oxygen atoms in total. The van der Waals surface area contributed by atoms with Crippen molar-refractivity contribution in [2.24, 2.45) is 0 Å². The van der Waals surface area contributed by atoms with Gasteiger partial charge in [0.25, 0.3) is 0 Å². The van der Waals surface area contributed by atoms with Crippen LogP contribution in [0.2, 0.25) is 0 Å². The van der Waals surface area contributed by atoms with Crippen LogP contribution in [0, 0.1) is 0 Å².